The second-order valence-electron chi connectivity index (χ2n) is 5.01. The number of amides is 1. The van der Waals surface area contributed by atoms with Gasteiger partial charge in [0.25, 0.3) is 0 Å². The molecule has 0 aliphatic carbocycles. The van der Waals surface area contributed by atoms with Crippen molar-refractivity contribution in [3.63, 3.8) is 0 Å². The topological polar surface area (TPSA) is 88.4 Å². The summed E-state index contributed by atoms with van der Waals surface area (Å²) in [6.45, 7) is 1.63. The van der Waals surface area contributed by atoms with Gasteiger partial charge in [-0.05, 0) is 26.2 Å². The van der Waals surface area contributed by atoms with E-state index in [-0.39, 0.29) is 12.2 Å². The zero-order valence-corrected chi connectivity index (χ0v) is 12.5. The van der Waals surface area contributed by atoms with Crippen LogP contribution in [0.5, 0.6) is 0 Å². The van der Waals surface area contributed by atoms with Crippen LogP contribution in [-0.2, 0) is 21.0 Å². The number of halogens is 3. The van der Waals surface area contributed by atoms with Crippen LogP contribution < -0.4 is 10.0 Å². The van der Waals surface area contributed by atoms with Crippen molar-refractivity contribution in [1.82, 2.24) is 10.0 Å². The SMILES string of the molecule is Cc1cc(S(=O)(=O)N[C@H]2CCCCNC2=O)c(C(F)(F)F)o1. The van der Waals surface area contributed by atoms with E-state index in [4.69, 9.17) is 0 Å². The Morgan fingerprint density at radius 3 is 2.68 bits per heavy atom. The molecule has 1 saturated heterocycles. The number of rotatable bonds is 3. The number of nitrogens with one attached hydrogen (secondary N) is 2. The van der Waals surface area contributed by atoms with Crippen molar-refractivity contribution >= 4 is 15.9 Å². The van der Waals surface area contributed by atoms with Gasteiger partial charge in [-0.15, -0.1) is 0 Å². The van der Waals surface area contributed by atoms with Gasteiger partial charge in [-0.3, -0.25) is 4.79 Å². The molecule has 124 valence electrons. The van der Waals surface area contributed by atoms with Gasteiger partial charge in [-0.2, -0.15) is 17.9 Å². The predicted octanol–water partition coefficient (Wildman–Crippen LogP) is 1.55. The molecule has 0 bridgehead atoms. The average Bonchev–Trinajstić information content (AvgIpc) is 2.69. The molecule has 1 amide bonds. The van der Waals surface area contributed by atoms with Crippen LogP contribution in [0.3, 0.4) is 0 Å². The molecule has 1 fully saturated rings. The molecule has 1 aliphatic rings. The van der Waals surface area contributed by atoms with Gasteiger partial charge in [0.15, 0.2) is 0 Å². The minimum absolute atomic E-state index is 0.182. The summed E-state index contributed by atoms with van der Waals surface area (Å²) in [6, 6.07) is -0.302. The normalized spacial score (nSPS) is 20.5. The molecule has 1 aliphatic heterocycles. The van der Waals surface area contributed by atoms with Crippen molar-refractivity contribution in [3.05, 3.63) is 17.6 Å². The van der Waals surface area contributed by atoms with Crippen molar-refractivity contribution in [2.45, 2.75) is 43.3 Å². The van der Waals surface area contributed by atoms with Crippen molar-refractivity contribution in [2.75, 3.05) is 6.54 Å². The van der Waals surface area contributed by atoms with E-state index in [0.29, 0.717) is 19.4 Å². The number of furan rings is 1. The molecule has 10 heteroatoms. The van der Waals surface area contributed by atoms with E-state index < -0.39 is 38.8 Å². The Balaban J connectivity index is 2.33. The van der Waals surface area contributed by atoms with Crippen LogP contribution in [0, 0.1) is 6.92 Å². The highest BCUT2D eigenvalue weighted by Crippen LogP contribution is 2.36. The quantitative estimate of drug-likeness (QED) is 0.874. The van der Waals surface area contributed by atoms with Crippen molar-refractivity contribution < 1.29 is 30.8 Å². The number of carbonyl (C=O) groups is 1. The lowest BCUT2D eigenvalue weighted by atomic mass is 10.1. The van der Waals surface area contributed by atoms with Gasteiger partial charge in [0, 0.05) is 12.6 Å². The highest BCUT2D eigenvalue weighted by Gasteiger charge is 2.42. The molecule has 0 saturated carbocycles. The lowest BCUT2D eigenvalue weighted by Gasteiger charge is -2.15. The van der Waals surface area contributed by atoms with Crippen LogP contribution in [0.15, 0.2) is 15.4 Å². The molecular formula is C12H15F3N2O4S. The summed E-state index contributed by atoms with van der Waals surface area (Å²) in [7, 11) is -4.53. The summed E-state index contributed by atoms with van der Waals surface area (Å²) < 4.78 is 69.4. The van der Waals surface area contributed by atoms with E-state index in [2.05, 4.69) is 9.73 Å². The Bertz CT molecular complexity index is 666. The monoisotopic (exact) mass is 340 g/mol. The van der Waals surface area contributed by atoms with E-state index in [1.54, 1.807) is 0 Å². The number of hydrogen-bond donors (Lipinski definition) is 2. The first-order chi connectivity index (χ1) is 10.1. The van der Waals surface area contributed by atoms with E-state index in [1.807, 2.05) is 4.72 Å². The minimum atomic E-state index is -4.94. The van der Waals surface area contributed by atoms with Gasteiger partial charge in [0.1, 0.15) is 16.7 Å². The predicted molar refractivity (Wildman–Crippen MR) is 69.4 cm³/mol. The van der Waals surface area contributed by atoms with E-state index in [1.165, 1.54) is 6.92 Å². The maximum atomic E-state index is 12.8. The van der Waals surface area contributed by atoms with Crippen molar-refractivity contribution in [3.8, 4) is 0 Å². The van der Waals surface area contributed by atoms with Gasteiger partial charge in [0.2, 0.25) is 21.7 Å². The fraction of sp³-hybridized carbons (Fsp3) is 0.583. The zero-order chi connectivity index (χ0) is 16.5. The van der Waals surface area contributed by atoms with Crippen LogP contribution in [0.4, 0.5) is 13.2 Å². The number of sulfonamides is 1. The third kappa shape index (κ3) is 3.61. The van der Waals surface area contributed by atoms with Crippen molar-refractivity contribution in [1.29, 1.82) is 0 Å². The molecule has 2 heterocycles. The number of alkyl halides is 3. The van der Waals surface area contributed by atoms with Crippen LogP contribution in [0.2, 0.25) is 0 Å². The lowest BCUT2D eigenvalue weighted by Crippen LogP contribution is -2.45. The largest absolute Gasteiger partial charge is 0.455 e. The van der Waals surface area contributed by atoms with Gasteiger partial charge in [-0.25, -0.2) is 8.42 Å². The summed E-state index contributed by atoms with van der Waals surface area (Å²) in [5, 5.41) is 2.51. The van der Waals surface area contributed by atoms with E-state index in [0.717, 1.165) is 6.07 Å². The Morgan fingerprint density at radius 2 is 2.05 bits per heavy atom. The van der Waals surface area contributed by atoms with Crippen LogP contribution in [0.1, 0.15) is 30.8 Å². The fourth-order valence-electron chi connectivity index (χ4n) is 2.19. The number of hydrogen-bond acceptors (Lipinski definition) is 4. The van der Waals surface area contributed by atoms with E-state index in [9.17, 15) is 26.4 Å². The first-order valence-corrected chi connectivity index (χ1v) is 8.07. The molecule has 0 aromatic carbocycles. The standard InChI is InChI=1S/C12H15F3N2O4S/c1-7-6-9(10(21-7)12(13,14)15)22(19,20)17-8-4-2-3-5-16-11(8)18/h6,8,17H,2-5H2,1H3,(H,16,18)/t8-/m0/s1. The molecule has 0 unspecified atom stereocenters. The van der Waals surface area contributed by atoms with Crippen molar-refractivity contribution in [2.24, 2.45) is 0 Å². The fourth-order valence-corrected chi connectivity index (χ4v) is 3.64. The van der Waals surface area contributed by atoms with Gasteiger partial charge in [-0.1, -0.05) is 0 Å². The van der Waals surface area contributed by atoms with Gasteiger partial charge < -0.3 is 9.73 Å². The summed E-state index contributed by atoms with van der Waals surface area (Å²) in [4.78, 5) is 10.7. The highest BCUT2D eigenvalue weighted by molar-refractivity contribution is 7.89. The van der Waals surface area contributed by atoms with Crippen LogP contribution >= 0.6 is 0 Å². The second kappa shape index (κ2) is 5.92. The lowest BCUT2D eigenvalue weighted by molar-refractivity contribution is -0.155. The first-order valence-electron chi connectivity index (χ1n) is 6.59. The molecule has 0 radical (unpaired) electrons. The Morgan fingerprint density at radius 1 is 1.36 bits per heavy atom. The third-order valence-electron chi connectivity index (χ3n) is 3.20. The first kappa shape index (κ1) is 16.8. The molecule has 22 heavy (non-hydrogen) atoms. The molecule has 2 rings (SSSR count). The molecule has 1 atom stereocenters. The molecule has 6 nitrogen and oxygen atoms in total. The van der Waals surface area contributed by atoms with E-state index >= 15 is 0 Å². The third-order valence-corrected chi connectivity index (χ3v) is 4.68. The molecule has 2 N–H and O–H groups in total. The second-order valence-corrected chi connectivity index (χ2v) is 6.69. The molecule has 0 spiro atoms. The molecule has 1 aromatic heterocycles. The van der Waals surface area contributed by atoms with Gasteiger partial charge >= 0.3 is 6.18 Å². The Hall–Kier alpha value is -1.55. The number of aryl methyl sites for hydroxylation is 1. The Labute approximate surface area is 125 Å². The molecule has 1 aromatic rings. The average molecular weight is 340 g/mol. The summed E-state index contributed by atoms with van der Waals surface area (Å²) in [5.41, 5.74) is 0. The Kier molecular flexibility index (Phi) is 4.52. The summed E-state index contributed by atoms with van der Waals surface area (Å²) >= 11 is 0. The highest BCUT2D eigenvalue weighted by atomic mass is 32.2. The minimum Gasteiger partial charge on any atom is -0.455 e. The maximum absolute atomic E-state index is 12.8. The summed E-state index contributed by atoms with van der Waals surface area (Å²) in [6.07, 6.45) is -3.45. The molecular weight excluding hydrogens is 325 g/mol. The number of carbonyl (C=O) groups excluding carboxylic acids is 1. The zero-order valence-electron chi connectivity index (χ0n) is 11.7. The van der Waals surface area contributed by atoms with Crippen LogP contribution in [0.25, 0.3) is 0 Å². The van der Waals surface area contributed by atoms with Gasteiger partial charge in [0.05, 0.1) is 0 Å². The van der Waals surface area contributed by atoms with Crippen LogP contribution in [-0.4, -0.2) is 26.9 Å². The summed E-state index contributed by atoms with van der Waals surface area (Å²) in [5.74, 6) is -2.32. The maximum Gasteiger partial charge on any atom is 0.450 e. The smallest absolute Gasteiger partial charge is 0.450 e.